The molecule has 0 bridgehead atoms. The summed E-state index contributed by atoms with van der Waals surface area (Å²) in [7, 11) is 3.98. The van der Waals surface area contributed by atoms with Crippen molar-refractivity contribution in [3.63, 3.8) is 0 Å². The van der Waals surface area contributed by atoms with Gasteiger partial charge in [-0.3, -0.25) is 4.79 Å². The molecule has 1 atom stereocenters. The molecule has 1 unspecified atom stereocenters. The lowest BCUT2D eigenvalue weighted by Gasteiger charge is -2.18. The van der Waals surface area contributed by atoms with Crippen LogP contribution in [0.2, 0.25) is 0 Å². The van der Waals surface area contributed by atoms with Gasteiger partial charge in [0, 0.05) is 19.1 Å². The zero-order chi connectivity index (χ0) is 13.5. The molecule has 0 saturated carbocycles. The number of nitrogens with one attached hydrogen (secondary N) is 1. The van der Waals surface area contributed by atoms with Gasteiger partial charge >= 0.3 is 0 Å². The van der Waals surface area contributed by atoms with Gasteiger partial charge in [0.2, 0.25) is 5.91 Å². The number of rotatable bonds is 6. The Morgan fingerprint density at radius 3 is 2.50 bits per heavy atom. The maximum Gasteiger partial charge on any atom is 0.224 e. The van der Waals surface area contributed by atoms with Crippen LogP contribution >= 0.6 is 0 Å². The van der Waals surface area contributed by atoms with Crippen LogP contribution in [0.5, 0.6) is 0 Å². The second-order valence-corrected chi connectivity index (χ2v) is 4.88. The molecule has 0 aromatic heterocycles. The van der Waals surface area contributed by atoms with E-state index in [0.29, 0.717) is 13.0 Å². The number of nitrogens with zero attached hydrogens (tertiary/aromatic N) is 1. The van der Waals surface area contributed by atoms with Crippen molar-refractivity contribution in [2.24, 2.45) is 5.73 Å². The minimum absolute atomic E-state index is 0.0465. The van der Waals surface area contributed by atoms with E-state index in [1.807, 2.05) is 45.3 Å². The Hall–Kier alpha value is -1.39. The molecule has 0 radical (unpaired) electrons. The van der Waals surface area contributed by atoms with Gasteiger partial charge in [0.05, 0.1) is 6.42 Å². The van der Waals surface area contributed by atoms with E-state index in [1.54, 1.807) is 0 Å². The molecule has 0 aliphatic rings. The summed E-state index contributed by atoms with van der Waals surface area (Å²) in [6.45, 7) is 3.31. The van der Waals surface area contributed by atoms with Crippen LogP contribution in [0, 0.1) is 0 Å². The summed E-state index contributed by atoms with van der Waals surface area (Å²) in [5.41, 5.74) is 7.70. The van der Waals surface area contributed by atoms with Gasteiger partial charge in [-0.15, -0.1) is 0 Å². The maximum absolute atomic E-state index is 11.9. The SMILES string of the molecule is CC(CN(C)C)NC(=O)Cc1ccccc1CN. The average molecular weight is 249 g/mol. The van der Waals surface area contributed by atoms with Crippen LogP contribution in [-0.4, -0.2) is 37.5 Å². The van der Waals surface area contributed by atoms with Gasteiger partial charge in [-0.2, -0.15) is 0 Å². The quantitative estimate of drug-likeness (QED) is 0.782. The molecule has 3 N–H and O–H groups in total. The van der Waals surface area contributed by atoms with Crippen molar-refractivity contribution in [1.82, 2.24) is 10.2 Å². The number of likely N-dealkylation sites (N-methyl/N-ethyl adjacent to an activating group) is 1. The van der Waals surface area contributed by atoms with E-state index in [0.717, 1.165) is 17.7 Å². The van der Waals surface area contributed by atoms with Crippen molar-refractivity contribution >= 4 is 5.91 Å². The van der Waals surface area contributed by atoms with Crippen LogP contribution in [0.25, 0.3) is 0 Å². The summed E-state index contributed by atoms with van der Waals surface area (Å²) in [6, 6.07) is 7.95. The highest BCUT2D eigenvalue weighted by Crippen LogP contribution is 2.08. The number of carbonyl (C=O) groups is 1. The fourth-order valence-corrected chi connectivity index (χ4v) is 2.02. The first-order valence-corrected chi connectivity index (χ1v) is 6.24. The third kappa shape index (κ3) is 4.85. The highest BCUT2D eigenvalue weighted by atomic mass is 16.1. The molecule has 0 spiro atoms. The smallest absolute Gasteiger partial charge is 0.224 e. The van der Waals surface area contributed by atoms with Crippen LogP contribution in [0.15, 0.2) is 24.3 Å². The Balaban J connectivity index is 2.54. The van der Waals surface area contributed by atoms with Crippen molar-refractivity contribution in [2.75, 3.05) is 20.6 Å². The Kier molecular flexibility index (Phi) is 5.82. The normalized spacial score (nSPS) is 12.5. The first-order valence-electron chi connectivity index (χ1n) is 6.24. The predicted molar refractivity (Wildman–Crippen MR) is 74.2 cm³/mol. The Bertz CT molecular complexity index is 390. The van der Waals surface area contributed by atoms with Crippen molar-refractivity contribution in [3.8, 4) is 0 Å². The molecule has 1 aromatic carbocycles. The molecule has 0 saturated heterocycles. The van der Waals surface area contributed by atoms with E-state index in [-0.39, 0.29) is 11.9 Å². The monoisotopic (exact) mass is 249 g/mol. The molecule has 0 aliphatic carbocycles. The Morgan fingerprint density at radius 1 is 1.33 bits per heavy atom. The third-order valence-electron chi connectivity index (χ3n) is 2.74. The fraction of sp³-hybridized carbons (Fsp3) is 0.500. The zero-order valence-electron chi connectivity index (χ0n) is 11.4. The Morgan fingerprint density at radius 2 is 1.94 bits per heavy atom. The standard InChI is InChI=1S/C14H23N3O/c1-11(10-17(2)3)16-14(18)8-12-6-4-5-7-13(12)9-15/h4-7,11H,8-10,15H2,1-3H3,(H,16,18). The van der Waals surface area contributed by atoms with Gasteiger partial charge in [0.25, 0.3) is 0 Å². The first kappa shape index (κ1) is 14.7. The van der Waals surface area contributed by atoms with Crippen molar-refractivity contribution in [3.05, 3.63) is 35.4 Å². The molecule has 0 heterocycles. The zero-order valence-corrected chi connectivity index (χ0v) is 11.4. The number of hydrogen-bond donors (Lipinski definition) is 2. The van der Waals surface area contributed by atoms with Crippen LogP contribution in [-0.2, 0) is 17.8 Å². The minimum Gasteiger partial charge on any atom is -0.352 e. The lowest BCUT2D eigenvalue weighted by molar-refractivity contribution is -0.121. The lowest BCUT2D eigenvalue weighted by atomic mass is 10.0. The summed E-state index contributed by atoms with van der Waals surface area (Å²) >= 11 is 0. The highest BCUT2D eigenvalue weighted by Gasteiger charge is 2.10. The third-order valence-corrected chi connectivity index (χ3v) is 2.74. The van der Waals surface area contributed by atoms with Crippen LogP contribution < -0.4 is 11.1 Å². The second-order valence-electron chi connectivity index (χ2n) is 4.88. The van der Waals surface area contributed by atoms with Crippen molar-refractivity contribution in [1.29, 1.82) is 0 Å². The van der Waals surface area contributed by atoms with Gasteiger partial charge in [0.1, 0.15) is 0 Å². The van der Waals surface area contributed by atoms with Gasteiger partial charge < -0.3 is 16.0 Å². The number of nitrogens with two attached hydrogens (primary N) is 1. The van der Waals surface area contributed by atoms with Crippen LogP contribution in [0.3, 0.4) is 0 Å². The van der Waals surface area contributed by atoms with Gasteiger partial charge in [-0.05, 0) is 32.1 Å². The number of hydrogen-bond acceptors (Lipinski definition) is 3. The molecule has 100 valence electrons. The molecule has 4 nitrogen and oxygen atoms in total. The van der Waals surface area contributed by atoms with Crippen LogP contribution in [0.1, 0.15) is 18.1 Å². The van der Waals surface area contributed by atoms with Gasteiger partial charge in [-0.25, -0.2) is 0 Å². The molecule has 1 rings (SSSR count). The molecule has 1 amide bonds. The summed E-state index contributed by atoms with van der Waals surface area (Å²) in [4.78, 5) is 14.0. The Labute approximate surface area is 109 Å². The molecular weight excluding hydrogens is 226 g/mol. The first-order chi connectivity index (χ1) is 8.52. The number of amides is 1. The minimum atomic E-state index is 0.0465. The summed E-state index contributed by atoms with van der Waals surface area (Å²) < 4.78 is 0. The lowest BCUT2D eigenvalue weighted by Crippen LogP contribution is -2.40. The molecule has 0 fully saturated rings. The fourth-order valence-electron chi connectivity index (χ4n) is 2.02. The van der Waals surface area contributed by atoms with E-state index in [9.17, 15) is 4.79 Å². The highest BCUT2D eigenvalue weighted by molar-refractivity contribution is 5.79. The predicted octanol–water partition coefficient (Wildman–Crippen LogP) is 0.754. The van der Waals surface area contributed by atoms with Crippen molar-refractivity contribution in [2.45, 2.75) is 25.9 Å². The van der Waals surface area contributed by atoms with E-state index >= 15 is 0 Å². The number of benzene rings is 1. The topological polar surface area (TPSA) is 58.4 Å². The van der Waals surface area contributed by atoms with E-state index in [2.05, 4.69) is 10.2 Å². The molecule has 18 heavy (non-hydrogen) atoms. The molecular formula is C14H23N3O. The second kappa shape index (κ2) is 7.13. The molecule has 0 aliphatic heterocycles. The maximum atomic E-state index is 11.9. The van der Waals surface area contributed by atoms with Crippen molar-refractivity contribution < 1.29 is 4.79 Å². The average Bonchev–Trinajstić information content (AvgIpc) is 2.28. The number of carbonyl (C=O) groups excluding carboxylic acids is 1. The molecule has 1 aromatic rings. The molecule has 4 heteroatoms. The van der Waals surface area contributed by atoms with Crippen LogP contribution in [0.4, 0.5) is 0 Å². The van der Waals surface area contributed by atoms with E-state index < -0.39 is 0 Å². The summed E-state index contributed by atoms with van der Waals surface area (Å²) in [5.74, 6) is 0.0465. The summed E-state index contributed by atoms with van der Waals surface area (Å²) in [6.07, 6.45) is 0.394. The van der Waals surface area contributed by atoms with Gasteiger partial charge in [0.15, 0.2) is 0 Å². The van der Waals surface area contributed by atoms with Gasteiger partial charge in [-0.1, -0.05) is 24.3 Å². The van der Waals surface area contributed by atoms with E-state index in [4.69, 9.17) is 5.73 Å². The van der Waals surface area contributed by atoms with E-state index in [1.165, 1.54) is 0 Å². The largest absolute Gasteiger partial charge is 0.352 e. The summed E-state index contributed by atoms with van der Waals surface area (Å²) in [5, 5.41) is 2.99.